The van der Waals surface area contributed by atoms with Gasteiger partial charge in [-0.05, 0) is 71.9 Å². The number of anilines is 2. The first-order chi connectivity index (χ1) is 15.5. The Labute approximate surface area is 204 Å². The number of hydrogen-bond donors (Lipinski definition) is 2. The van der Waals surface area contributed by atoms with Crippen LogP contribution in [-0.2, 0) is 11.2 Å². The van der Waals surface area contributed by atoms with Crippen molar-refractivity contribution < 1.29 is 4.79 Å². The van der Waals surface area contributed by atoms with Crippen molar-refractivity contribution in [3.05, 3.63) is 63.7 Å². The Kier molecular flexibility index (Phi) is 7.50. The van der Waals surface area contributed by atoms with Gasteiger partial charge < -0.3 is 15.5 Å². The maximum Gasteiger partial charge on any atom is 0.224 e. The van der Waals surface area contributed by atoms with Crippen LogP contribution in [0.2, 0.25) is 0 Å². The summed E-state index contributed by atoms with van der Waals surface area (Å²) in [6.45, 7) is 0.772. The fourth-order valence-electron chi connectivity index (χ4n) is 4.46. The highest BCUT2D eigenvalue weighted by atomic mass is 127. The van der Waals surface area contributed by atoms with Gasteiger partial charge in [0.25, 0.3) is 0 Å². The summed E-state index contributed by atoms with van der Waals surface area (Å²) in [6, 6.07) is 18.9. The van der Waals surface area contributed by atoms with E-state index in [1.165, 1.54) is 11.1 Å². The third-order valence-electron chi connectivity index (χ3n) is 6.27. The quantitative estimate of drug-likeness (QED) is 0.402. The molecule has 4 rings (SSSR count). The van der Waals surface area contributed by atoms with E-state index in [2.05, 4.69) is 76.5 Å². The van der Waals surface area contributed by atoms with Gasteiger partial charge in [-0.25, -0.2) is 4.98 Å². The van der Waals surface area contributed by atoms with Crippen molar-refractivity contribution in [1.29, 1.82) is 0 Å². The molecule has 2 aromatic carbocycles. The Hall–Kier alpha value is -2.35. The summed E-state index contributed by atoms with van der Waals surface area (Å²) in [7, 11) is 4.15. The smallest absolute Gasteiger partial charge is 0.224 e. The molecule has 1 heterocycles. The van der Waals surface area contributed by atoms with E-state index < -0.39 is 0 Å². The van der Waals surface area contributed by atoms with Crippen LogP contribution >= 0.6 is 22.6 Å². The Bertz CT molecular complexity index is 1080. The lowest BCUT2D eigenvalue weighted by Gasteiger charge is -2.30. The van der Waals surface area contributed by atoms with E-state index in [1.807, 2.05) is 30.3 Å². The summed E-state index contributed by atoms with van der Waals surface area (Å²) in [5.41, 5.74) is 3.30. The minimum atomic E-state index is 0.117. The number of para-hydroxylation sites is 1. The summed E-state index contributed by atoms with van der Waals surface area (Å²) in [5.74, 6) is 1.61. The van der Waals surface area contributed by atoms with Crippen LogP contribution in [0.1, 0.15) is 31.2 Å². The fourth-order valence-corrected chi connectivity index (χ4v) is 5.03. The molecular formula is C26H31IN4O. The molecule has 5 nitrogen and oxygen atoms in total. The highest BCUT2D eigenvalue weighted by Gasteiger charge is 2.22. The minimum Gasteiger partial charge on any atom is -0.377 e. The third kappa shape index (κ3) is 5.71. The zero-order chi connectivity index (χ0) is 22.5. The molecule has 0 saturated heterocycles. The number of hydrogen-bond acceptors (Lipinski definition) is 4. The highest BCUT2D eigenvalue weighted by Crippen LogP contribution is 2.30. The SMILES string of the molecule is CN(C)c1cc(N[C@H]2CC[C@@H](CNC(=O)Cc3ccccc3I)CC2)nc2ccccc12. The lowest BCUT2D eigenvalue weighted by molar-refractivity contribution is -0.120. The van der Waals surface area contributed by atoms with Crippen LogP contribution in [0.4, 0.5) is 11.5 Å². The van der Waals surface area contributed by atoms with Gasteiger partial charge in [0, 0.05) is 47.4 Å². The maximum atomic E-state index is 12.4. The van der Waals surface area contributed by atoms with Crippen molar-refractivity contribution in [2.45, 2.75) is 38.1 Å². The van der Waals surface area contributed by atoms with Crippen LogP contribution in [0.5, 0.6) is 0 Å². The molecule has 3 aromatic rings. The number of rotatable bonds is 7. The predicted octanol–water partition coefficient (Wildman–Crippen LogP) is 5.24. The second-order valence-corrected chi connectivity index (χ2v) is 10.0. The number of amides is 1. The third-order valence-corrected chi connectivity index (χ3v) is 7.32. The van der Waals surface area contributed by atoms with Crippen LogP contribution in [0, 0.1) is 9.49 Å². The van der Waals surface area contributed by atoms with E-state index >= 15 is 0 Å². The monoisotopic (exact) mass is 542 g/mol. The summed E-state index contributed by atoms with van der Waals surface area (Å²) in [6.07, 6.45) is 4.90. The number of pyridine rings is 1. The first-order valence-corrected chi connectivity index (χ1v) is 12.4. The van der Waals surface area contributed by atoms with Crippen molar-refractivity contribution in [2.75, 3.05) is 30.9 Å². The Morgan fingerprint density at radius 2 is 1.78 bits per heavy atom. The van der Waals surface area contributed by atoms with Crippen molar-refractivity contribution in [2.24, 2.45) is 5.92 Å². The van der Waals surface area contributed by atoms with Crippen LogP contribution in [0.15, 0.2) is 54.6 Å². The second-order valence-electron chi connectivity index (χ2n) is 8.87. The maximum absolute atomic E-state index is 12.4. The van der Waals surface area contributed by atoms with Gasteiger partial charge in [-0.1, -0.05) is 36.4 Å². The molecule has 1 aliphatic rings. The van der Waals surface area contributed by atoms with E-state index in [4.69, 9.17) is 4.98 Å². The van der Waals surface area contributed by atoms with Gasteiger partial charge in [-0.15, -0.1) is 0 Å². The van der Waals surface area contributed by atoms with E-state index in [-0.39, 0.29) is 5.91 Å². The number of nitrogens with one attached hydrogen (secondary N) is 2. The molecule has 1 fully saturated rings. The fraction of sp³-hybridized carbons (Fsp3) is 0.385. The average molecular weight is 542 g/mol. The molecule has 2 N–H and O–H groups in total. The van der Waals surface area contributed by atoms with Gasteiger partial charge in [0.15, 0.2) is 0 Å². The molecule has 0 atom stereocenters. The Morgan fingerprint density at radius 1 is 1.06 bits per heavy atom. The molecule has 32 heavy (non-hydrogen) atoms. The molecule has 168 valence electrons. The summed E-state index contributed by atoms with van der Waals surface area (Å²) >= 11 is 2.29. The molecule has 1 aliphatic carbocycles. The van der Waals surface area contributed by atoms with Crippen molar-refractivity contribution in [3.8, 4) is 0 Å². The first-order valence-electron chi connectivity index (χ1n) is 11.3. The van der Waals surface area contributed by atoms with Gasteiger partial charge in [0.05, 0.1) is 11.9 Å². The summed E-state index contributed by atoms with van der Waals surface area (Å²) in [5, 5.41) is 7.99. The van der Waals surface area contributed by atoms with Gasteiger partial charge in [-0.2, -0.15) is 0 Å². The number of fused-ring (bicyclic) bond motifs is 1. The number of halogens is 1. The zero-order valence-corrected chi connectivity index (χ0v) is 20.9. The number of carbonyl (C=O) groups excluding carboxylic acids is 1. The van der Waals surface area contributed by atoms with Gasteiger partial charge >= 0.3 is 0 Å². The van der Waals surface area contributed by atoms with E-state index in [1.54, 1.807) is 0 Å². The molecule has 0 unspecified atom stereocenters. The molecule has 0 aliphatic heterocycles. The molecule has 1 aromatic heterocycles. The molecule has 0 spiro atoms. The van der Waals surface area contributed by atoms with Crippen molar-refractivity contribution >= 4 is 50.9 Å². The van der Waals surface area contributed by atoms with Crippen LogP contribution in [0.3, 0.4) is 0 Å². The molecule has 0 bridgehead atoms. The van der Waals surface area contributed by atoms with Gasteiger partial charge in [0.2, 0.25) is 5.91 Å². The van der Waals surface area contributed by atoms with Crippen LogP contribution < -0.4 is 15.5 Å². The van der Waals surface area contributed by atoms with E-state index in [0.29, 0.717) is 18.4 Å². The zero-order valence-electron chi connectivity index (χ0n) is 18.8. The topological polar surface area (TPSA) is 57.3 Å². The molecule has 0 radical (unpaired) electrons. The Balaban J connectivity index is 1.28. The second kappa shape index (κ2) is 10.5. The predicted molar refractivity (Wildman–Crippen MR) is 141 cm³/mol. The van der Waals surface area contributed by atoms with Crippen LogP contribution in [-0.4, -0.2) is 37.6 Å². The lowest BCUT2D eigenvalue weighted by atomic mass is 9.86. The largest absolute Gasteiger partial charge is 0.377 e. The van der Waals surface area contributed by atoms with Crippen molar-refractivity contribution in [1.82, 2.24) is 10.3 Å². The summed E-state index contributed by atoms with van der Waals surface area (Å²) < 4.78 is 1.14. The number of nitrogens with zero attached hydrogens (tertiary/aromatic N) is 2. The first kappa shape index (κ1) is 22.8. The standard InChI is InChI=1S/C26H31IN4O/c1-31(2)24-16-25(30-23-10-6-4-8-21(23)24)29-20-13-11-18(12-14-20)17-28-26(32)15-19-7-3-5-9-22(19)27/h3-10,16,18,20H,11-15,17H2,1-2H3,(H,28,32)(H,29,30)/t18-,20+. The molecular weight excluding hydrogens is 511 g/mol. The minimum absolute atomic E-state index is 0.117. The number of benzene rings is 2. The van der Waals surface area contributed by atoms with Gasteiger partial charge in [0.1, 0.15) is 5.82 Å². The molecule has 1 amide bonds. The molecule has 6 heteroatoms. The van der Waals surface area contributed by atoms with Crippen molar-refractivity contribution in [3.63, 3.8) is 0 Å². The highest BCUT2D eigenvalue weighted by molar-refractivity contribution is 14.1. The normalized spacial score (nSPS) is 18.3. The van der Waals surface area contributed by atoms with Gasteiger partial charge in [-0.3, -0.25) is 4.79 Å². The van der Waals surface area contributed by atoms with E-state index in [0.717, 1.165) is 52.7 Å². The van der Waals surface area contributed by atoms with E-state index in [9.17, 15) is 4.79 Å². The lowest BCUT2D eigenvalue weighted by Crippen LogP contribution is -2.34. The van der Waals surface area contributed by atoms with Crippen LogP contribution in [0.25, 0.3) is 10.9 Å². The molecule has 1 saturated carbocycles. The average Bonchev–Trinajstić information content (AvgIpc) is 2.79. The number of aromatic nitrogens is 1. The summed E-state index contributed by atoms with van der Waals surface area (Å²) in [4.78, 5) is 19.4. The number of carbonyl (C=O) groups is 1. The Morgan fingerprint density at radius 3 is 2.53 bits per heavy atom.